The largest absolute Gasteiger partial charge is 0.496 e. The molecule has 2 rings (SSSR count). The number of carbonyl (C=O) groups is 2. The molecule has 28 heavy (non-hydrogen) atoms. The highest BCUT2D eigenvalue weighted by Gasteiger charge is 2.19. The Morgan fingerprint density at radius 1 is 0.929 bits per heavy atom. The number of methoxy groups -OCH3 is 1. The van der Waals surface area contributed by atoms with E-state index in [0.717, 1.165) is 11.1 Å². The molecule has 0 unspecified atom stereocenters. The van der Waals surface area contributed by atoms with Crippen LogP contribution in [0.25, 0.3) is 0 Å². The van der Waals surface area contributed by atoms with Crippen LogP contribution in [0.4, 0.5) is 0 Å². The van der Waals surface area contributed by atoms with E-state index in [-0.39, 0.29) is 25.2 Å². The third-order valence-electron chi connectivity index (χ3n) is 4.07. The van der Waals surface area contributed by atoms with Crippen LogP contribution in [0.2, 0.25) is 0 Å². The Bertz CT molecular complexity index is 811. The van der Waals surface area contributed by atoms with E-state index in [0.29, 0.717) is 11.5 Å². The Hall–Kier alpha value is -3.02. The van der Waals surface area contributed by atoms with Gasteiger partial charge in [-0.3, -0.25) is 4.79 Å². The average Bonchev–Trinajstić information content (AvgIpc) is 2.68. The van der Waals surface area contributed by atoms with E-state index in [4.69, 9.17) is 14.2 Å². The van der Waals surface area contributed by atoms with Gasteiger partial charge in [0, 0.05) is 12.1 Å². The Morgan fingerprint density at radius 3 is 2.25 bits per heavy atom. The summed E-state index contributed by atoms with van der Waals surface area (Å²) in [6.45, 7) is 5.87. The summed E-state index contributed by atoms with van der Waals surface area (Å²) in [5.74, 6) is 0.323. The number of esters is 1. The van der Waals surface area contributed by atoms with Crippen molar-refractivity contribution >= 4 is 11.9 Å². The summed E-state index contributed by atoms with van der Waals surface area (Å²) in [6, 6.07) is 14.9. The molecule has 150 valence electrons. The van der Waals surface area contributed by atoms with Gasteiger partial charge >= 0.3 is 5.97 Å². The van der Waals surface area contributed by atoms with Crippen LogP contribution in [-0.4, -0.2) is 32.2 Å². The molecule has 0 saturated heterocycles. The van der Waals surface area contributed by atoms with Crippen molar-refractivity contribution in [2.45, 2.75) is 32.7 Å². The van der Waals surface area contributed by atoms with Crippen molar-refractivity contribution in [2.24, 2.45) is 0 Å². The van der Waals surface area contributed by atoms with Gasteiger partial charge in [0.2, 0.25) is 0 Å². The van der Waals surface area contributed by atoms with Crippen molar-refractivity contribution in [3.05, 3.63) is 59.7 Å². The number of carbonyl (C=O) groups excluding carboxylic acids is 2. The van der Waals surface area contributed by atoms with Crippen molar-refractivity contribution in [1.82, 2.24) is 5.32 Å². The Morgan fingerprint density at radius 2 is 1.57 bits per heavy atom. The summed E-state index contributed by atoms with van der Waals surface area (Å²) >= 11 is 0. The lowest BCUT2D eigenvalue weighted by molar-refractivity contribution is -0.150. The third-order valence-corrected chi connectivity index (χ3v) is 4.07. The third kappa shape index (κ3) is 6.30. The summed E-state index contributed by atoms with van der Waals surface area (Å²) in [5, 5.41) is 2.69. The van der Waals surface area contributed by atoms with Gasteiger partial charge in [-0.05, 0) is 23.1 Å². The highest BCUT2D eigenvalue weighted by atomic mass is 16.6. The summed E-state index contributed by atoms with van der Waals surface area (Å²) < 4.78 is 15.8. The van der Waals surface area contributed by atoms with Crippen LogP contribution in [0.15, 0.2) is 48.5 Å². The average molecular weight is 385 g/mol. The Kier molecular flexibility index (Phi) is 7.44. The van der Waals surface area contributed by atoms with E-state index < -0.39 is 11.9 Å². The molecule has 0 aliphatic carbocycles. The second kappa shape index (κ2) is 9.78. The van der Waals surface area contributed by atoms with Gasteiger partial charge in [-0.15, -0.1) is 0 Å². The molecule has 0 aliphatic heterocycles. The highest BCUT2D eigenvalue weighted by molar-refractivity contribution is 5.81. The van der Waals surface area contributed by atoms with Gasteiger partial charge in [-0.1, -0.05) is 57.2 Å². The lowest BCUT2D eigenvalue weighted by Gasteiger charge is -2.22. The predicted molar refractivity (Wildman–Crippen MR) is 106 cm³/mol. The molecule has 0 fully saturated rings. The zero-order valence-corrected chi connectivity index (χ0v) is 16.8. The number of para-hydroxylation sites is 2. The molecule has 0 saturated carbocycles. The second-order valence-electron chi connectivity index (χ2n) is 7.28. The number of hydrogen-bond acceptors (Lipinski definition) is 5. The smallest absolute Gasteiger partial charge is 0.344 e. The first-order chi connectivity index (χ1) is 13.3. The maximum Gasteiger partial charge on any atom is 0.344 e. The van der Waals surface area contributed by atoms with Crippen molar-refractivity contribution in [2.75, 3.05) is 20.3 Å². The molecule has 0 spiro atoms. The first kappa shape index (κ1) is 21.3. The number of hydrogen-bond donors (Lipinski definition) is 1. The number of benzene rings is 2. The molecule has 0 atom stereocenters. The SMILES string of the molecule is COc1ccccc1CNC(=O)COC(=O)COc1ccccc1C(C)(C)C. The van der Waals surface area contributed by atoms with Crippen LogP contribution in [0.5, 0.6) is 11.5 Å². The van der Waals surface area contributed by atoms with Crippen LogP contribution in [0, 0.1) is 0 Å². The first-order valence-electron chi connectivity index (χ1n) is 9.08. The van der Waals surface area contributed by atoms with E-state index in [9.17, 15) is 9.59 Å². The van der Waals surface area contributed by atoms with Gasteiger partial charge in [-0.2, -0.15) is 0 Å². The maximum absolute atomic E-state index is 11.9. The predicted octanol–water partition coefficient (Wildman–Crippen LogP) is 3.23. The minimum absolute atomic E-state index is 0.112. The number of nitrogens with one attached hydrogen (secondary N) is 1. The number of rotatable bonds is 8. The molecule has 6 heteroatoms. The molecule has 6 nitrogen and oxygen atoms in total. The molecule has 0 aromatic heterocycles. The fourth-order valence-corrected chi connectivity index (χ4v) is 2.63. The Balaban J connectivity index is 1.78. The molecule has 0 heterocycles. The maximum atomic E-state index is 11.9. The van der Waals surface area contributed by atoms with Gasteiger partial charge in [0.05, 0.1) is 7.11 Å². The first-order valence-corrected chi connectivity index (χ1v) is 9.08. The van der Waals surface area contributed by atoms with E-state index in [1.54, 1.807) is 7.11 Å². The van der Waals surface area contributed by atoms with Crippen molar-refractivity contribution in [1.29, 1.82) is 0 Å². The zero-order valence-electron chi connectivity index (χ0n) is 16.8. The lowest BCUT2D eigenvalue weighted by Crippen LogP contribution is -2.29. The summed E-state index contributed by atoms with van der Waals surface area (Å²) in [4.78, 5) is 23.8. The fraction of sp³-hybridized carbons (Fsp3) is 0.364. The standard InChI is InChI=1S/C22H27NO5/c1-22(2,3)17-10-6-8-12-19(17)27-15-21(25)28-14-20(24)23-13-16-9-5-7-11-18(16)26-4/h5-12H,13-15H2,1-4H3,(H,23,24). The summed E-state index contributed by atoms with van der Waals surface area (Å²) in [6.07, 6.45) is 0. The minimum atomic E-state index is -0.601. The molecule has 2 aromatic carbocycles. The van der Waals surface area contributed by atoms with Crippen molar-refractivity contribution < 1.29 is 23.8 Å². The molecule has 1 amide bonds. The number of ether oxygens (including phenoxy) is 3. The molecule has 0 radical (unpaired) electrons. The van der Waals surface area contributed by atoms with E-state index in [1.165, 1.54) is 0 Å². The van der Waals surface area contributed by atoms with Crippen LogP contribution in [0.3, 0.4) is 0 Å². The van der Waals surface area contributed by atoms with Crippen LogP contribution >= 0.6 is 0 Å². The second-order valence-corrected chi connectivity index (χ2v) is 7.28. The van der Waals surface area contributed by atoms with Crippen LogP contribution in [0.1, 0.15) is 31.9 Å². The number of amides is 1. The Labute approximate surface area is 165 Å². The van der Waals surface area contributed by atoms with E-state index in [1.807, 2.05) is 48.5 Å². The summed E-state index contributed by atoms with van der Waals surface area (Å²) in [7, 11) is 1.57. The molecule has 1 N–H and O–H groups in total. The van der Waals surface area contributed by atoms with Crippen molar-refractivity contribution in [3.63, 3.8) is 0 Å². The molecular weight excluding hydrogens is 358 g/mol. The zero-order chi connectivity index (χ0) is 20.6. The van der Waals surface area contributed by atoms with E-state index >= 15 is 0 Å². The molecular formula is C22H27NO5. The van der Waals surface area contributed by atoms with Gasteiger partial charge in [0.1, 0.15) is 11.5 Å². The van der Waals surface area contributed by atoms with Gasteiger partial charge in [-0.25, -0.2) is 4.79 Å². The monoisotopic (exact) mass is 385 g/mol. The molecule has 0 bridgehead atoms. The van der Waals surface area contributed by atoms with Gasteiger partial charge in [0.15, 0.2) is 13.2 Å². The lowest BCUT2D eigenvalue weighted by atomic mass is 9.86. The van der Waals surface area contributed by atoms with Crippen LogP contribution in [-0.2, 0) is 26.3 Å². The van der Waals surface area contributed by atoms with Gasteiger partial charge < -0.3 is 19.5 Å². The topological polar surface area (TPSA) is 73.9 Å². The van der Waals surface area contributed by atoms with E-state index in [2.05, 4.69) is 26.1 Å². The fourth-order valence-electron chi connectivity index (χ4n) is 2.63. The minimum Gasteiger partial charge on any atom is -0.496 e. The summed E-state index contributed by atoms with van der Waals surface area (Å²) in [5.41, 5.74) is 1.72. The highest BCUT2D eigenvalue weighted by Crippen LogP contribution is 2.30. The molecule has 2 aromatic rings. The van der Waals surface area contributed by atoms with Crippen molar-refractivity contribution in [3.8, 4) is 11.5 Å². The van der Waals surface area contributed by atoms with Gasteiger partial charge in [0.25, 0.3) is 5.91 Å². The van der Waals surface area contributed by atoms with Crippen LogP contribution < -0.4 is 14.8 Å². The normalized spacial score (nSPS) is 10.9. The quantitative estimate of drug-likeness (QED) is 0.706. The molecule has 0 aliphatic rings.